The van der Waals surface area contributed by atoms with Gasteiger partial charge in [0.15, 0.2) is 0 Å². The van der Waals surface area contributed by atoms with E-state index in [0.29, 0.717) is 5.92 Å². The Morgan fingerprint density at radius 2 is 0.895 bits per heavy atom. The van der Waals surface area contributed by atoms with Gasteiger partial charge in [-0.15, -0.1) is 0 Å². The molecule has 0 unspecified atom stereocenters. The Kier molecular flexibility index (Phi) is 5.48. The van der Waals surface area contributed by atoms with E-state index < -0.39 is 0 Å². The van der Waals surface area contributed by atoms with Crippen LogP contribution >= 0.6 is 0 Å². The second-order valence-corrected chi connectivity index (χ2v) is 10.9. The van der Waals surface area contributed by atoms with Crippen molar-refractivity contribution < 1.29 is 0 Å². The first kappa shape index (κ1) is 22.8. The van der Waals surface area contributed by atoms with E-state index in [4.69, 9.17) is 0 Å². The van der Waals surface area contributed by atoms with Gasteiger partial charge in [-0.25, -0.2) is 0 Å². The second-order valence-electron chi connectivity index (χ2n) is 10.9. The van der Waals surface area contributed by atoms with Crippen molar-refractivity contribution in [2.75, 3.05) is 0 Å². The number of hydrogen-bond acceptors (Lipinski definition) is 0. The van der Waals surface area contributed by atoms with Crippen LogP contribution in [0.3, 0.4) is 0 Å². The molecule has 0 radical (unpaired) electrons. The Hall–Kier alpha value is -4.42. The van der Waals surface area contributed by atoms with E-state index in [9.17, 15) is 0 Å². The van der Waals surface area contributed by atoms with E-state index in [-0.39, 0.29) is 0 Å². The molecule has 7 aromatic carbocycles. The topological polar surface area (TPSA) is 0 Å². The number of hydrogen-bond donors (Lipinski definition) is 0. The van der Waals surface area contributed by atoms with Gasteiger partial charge < -0.3 is 0 Å². The van der Waals surface area contributed by atoms with Gasteiger partial charge in [-0.3, -0.25) is 0 Å². The van der Waals surface area contributed by atoms with Crippen LogP contribution in [0.5, 0.6) is 0 Å². The van der Waals surface area contributed by atoms with Crippen molar-refractivity contribution in [3.8, 4) is 22.3 Å². The van der Waals surface area contributed by atoms with E-state index in [1.54, 1.807) is 0 Å². The third-order valence-corrected chi connectivity index (χ3v) is 7.81. The van der Waals surface area contributed by atoms with Crippen LogP contribution in [0.15, 0.2) is 127 Å². The van der Waals surface area contributed by atoms with Gasteiger partial charge >= 0.3 is 0 Å². The summed E-state index contributed by atoms with van der Waals surface area (Å²) in [6.45, 7) is 4.60. The van der Waals surface area contributed by atoms with Gasteiger partial charge in [-0.05, 0) is 95.4 Å². The summed E-state index contributed by atoms with van der Waals surface area (Å²) in [5.74, 6) is 0.608. The van der Waals surface area contributed by atoms with Crippen LogP contribution in [0.1, 0.15) is 19.4 Å². The normalized spacial score (nSPS) is 11.8. The highest BCUT2D eigenvalue weighted by atomic mass is 14.2. The quantitative estimate of drug-likeness (QED) is 0.217. The van der Waals surface area contributed by atoms with Gasteiger partial charge in [-0.2, -0.15) is 0 Å². The Balaban J connectivity index is 1.61. The molecule has 0 saturated carbocycles. The van der Waals surface area contributed by atoms with Gasteiger partial charge in [-0.1, -0.05) is 129 Å². The molecule has 182 valence electrons. The minimum Gasteiger partial charge on any atom is -0.0625 e. The summed E-state index contributed by atoms with van der Waals surface area (Å²) in [5.41, 5.74) is 6.59. The largest absolute Gasteiger partial charge is 0.0625 e. The van der Waals surface area contributed by atoms with Gasteiger partial charge in [0.1, 0.15) is 0 Å². The van der Waals surface area contributed by atoms with E-state index >= 15 is 0 Å². The van der Waals surface area contributed by atoms with Crippen molar-refractivity contribution in [1.29, 1.82) is 0 Å². The lowest BCUT2D eigenvalue weighted by Gasteiger charge is -2.19. The highest BCUT2D eigenvalue weighted by Crippen LogP contribution is 2.45. The van der Waals surface area contributed by atoms with Crippen LogP contribution in [0.2, 0.25) is 0 Å². The summed E-state index contributed by atoms with van der Waals surface area (Å²) in [5, 5.41) is 10.4. The van der Waals surface area contributed by atoms with Gasteiger partial charge in [0.2, 0.25) is 0 Å². The summed E-state index contributed by atoms with van der Waals surface area (Å²) in [6.07, 6.45) is 1.07. The van der Waals surface area contributed by atoms with Crippen LogP contribution in [-0.2, 0) is 6.42 Å². The first-order valence-corrected chi connectivity index (χ1v) is 13.6. The lowest BCUT2D eigenvalue weighted by Crippen LogP contribution is -1.96. The number of benzene rings is 7. The molecular formula is C38H30. The van der Waals surface area contributed by atoms with Gasteiger partial charge in [0.05, 0.1) is 0 Å². The third kappa shape index (κ3) is 3.85. The Morgan fingerprint density at radius 3 is 1.45 bits per heavy atom. The van der Waals surface area contributed by atoms with Crippen molar-refractivity contribution in [2.45, 2.75) is 20.3 Å². The lowest BCUT2D eigenvalue weighted by atomic mass is 9.84. The molecule has 0 bridgehead atoms. The molecule has 0 aromatic heterocycles. The zero-order chi connectivity index (χ0) is 25.6. The predicted molar refractivity (Wildman–Crippen MR) is 166 cm³/mol. The van der Waals surface area contributed by atoms with Gasteiger partial charge in [0.25, 0.3) is 0 Å². The zero-order valence-corrected chi connectivity index (χ0v) is 21.9. The molecule has 38 heavy (non-hydrogen) atoms. The molecule has 7 rings (SSSR count). The maximum atomic E-state index is 2.46. The Morgan fingerprint density at radius 1 is 0.421 bits per heavy atom. The maximum absolute atomic E-state index is 2.46. The van der Waals surface area contributed by atoms with Crippen LogP contribution in [0.25, 0.3) is 65.3 Å². The van der Waals surface area contributed by atoms with E-state index in [1.165, 1.54) is 70.9 Å². The average Bonchev–Trinajstić information content (AvgIpc) is 2.95. The summed E-state index contributed by atoms with van der Waals surface area (Å²) in [6, 6.07) is 47.3. The standard InChI is InChI=1S/C38H30/c1-25(2)21-26-15-20-35-36(22-26)38(32-19-17-28-10-4-6-12-30(28)24-32)34-14-8-7-13-33(34)37(35)31-18-16-27-9-3-5-11-29(27)23-31/h3-20,22-25H,21H2,1-2H3. The predicted octanol–water partition coefficient (Wildman–Crippen LogP) is 10.8. The third-order valence-electron chi connectivity index (χ3n) is 7.81. The molecule has 0 spiro atoms. The monoisotopic (exact) mass is 486 g/mol. The van der Waals surface area contributed by atoms with E-state index in [1.807, 2.05) is 0 Å². The SMILES string of the molecule is CC(C)Cc1ccc2c(-c3ccc4ccccc4c3)c3ccccc3c(-c3ccc4ccccc4c3)c2c1. The first-order valence-electron chi connectivity index (χ1n) is 13.6. The molecule has 0 aliphatic heterocycles. The molecule has 0 amide bonds. The highest BCUT2D eigenvalue weighted by Gasteiger charge is 2.18. The number of rotatable bonds is 4. The smallest absolute Gasteiger partial charge is 0.00261 e. The first-order chi connectivity index (χ1) is 18.7. The second kappa shape index (κ2) is 9.15. The Bertz CT molecular complexity index is 1970. The Labute approximate surface area is 224 Å². The summed E-state index contributed by atoms with van der Waals surface area (Å²) in [7, 11) is 0. The van der Waals surface area contributed by atoms with E-state index in [2.05, 4.69) is 141 Å². The average molecular weight is 487 g/mol. The van der Waals surface area contributed by atoms with Crippen LogP contribution in [0.4, 0.5) is 0 Å². The van der Waals surface area contributed by atoms with Crippen LogP contribution in [-0.4, -0.2) is 0 Å². The molecule has 0 fully saturated rings. The molecule has 0 atom stereocenters. The van der Waals surface area contributed by atoms with Crippen molar-refractivity contribution in [1.82, 2.24) is 0 Å². The van der Waals surface area contributed by atoms with Crippen molar-refractivity contribution in [2.24, 2.45) is 5.92 Å². The molecule has 0 nitrogen and oxygen atoms in total. The molecule has 0 saturated heterocycles. The van der Waals surface area contributed by atoms with Crippen LogP contribution < -0.4 is 0 Å². The molecule has 0 N–H and O–H groups in total. The molecule has 0 heteroatoms. The van der Waals surface area contributed by atoms with Crippen LogP contribution in [0, 0.1) is 5.92 Å². The fourth-order valence-corrected chi connectivity index (χ4v) is 6.14. The fourth-order valence-electron chi connectivity index (χ4n) is 6.14. The minimum absolute atomic E-state index is 0.608. The van der Waals surface area contributed by atoms with Crippen molar-refractivity contribution in [3.63, 3.8) is 0 Å². The maximum Gasteiger partial charge on any atom is -0.00261 e. The minimum atomic E-state index is 0.608. The fraction of sp³-hybridized carbons (Fsp3) is 0.105. The lowest BCUT2D eigenvalue weighted by molar-refractivity contribution is 0.648. The van der Waals surface area contributed by atoms with Crippen molar-refractivity contribution >= 4 is 43.1 Å². The molecule has 0 aliphatic carbocycles. The number of fused-ring (bicyclic) bond motifs is 4. The summed E-state index contributed by atoms with van der Waals surface area (Å²) >= 11 is 0. The molecule has 7 aromatic rings. The van der Waals surface area contributed by atoms with Crippen molar-refractivity contribution in [3.05, 3.63) is 133 Å². The molecular weight excluding hydrogens is 456 g/mol. The molecule has 0 heterocycles. The molecule has 0 aliphatic rings. The van der Waals surface area contributed by atoms with E-state index in [0.717, 1.165) is 6.42 Å². The zero-order valence-electron chi connectivity index (χ0n) is 21.9. The highest BCUT2D eigenvalue weighted by molar-refractivity contribution is 6.22. The van der Waals surface area contributed by atoms with Gasteiger partial charge in [0, 0.05) is 0 Å². The summed E-state index contributed by atoms with van der Waals surface area (Å²) in [4.78, 5) is 0. The summed E-state index contributed by atoms with van der Waals surface area (Å²) < 4.78 is 0.